The fraction of sp³-hybridized carbons (Fsp3) is 0.692. The third kappa shape index (κ3) is 2.96. The maximum atomic E-state index is 11.4. The molecule has 0 spiro atoms. The Balaban J connectivity index is 1.70. The zero-order valence-electron chi connectivity index (χ0n) is 12.2. The number of hydrogen-bond donors (Lipinski definition) is 1. The average molecular weight is 309 g/mol. The number of hydrogen-bond acceptors (Lipinski definition) is 7. The number of ether oxygens (including phenoxy) is 1. The molecular formula is C13H19N5O2S. The zero-order valence-corrected chi connectivity index (χ0v) is 13.0. The molecule has 0 saturated heterocycles. The molecule has 1 aromatic heterocycles. The highest BCUT2D eigenvalue weighted by molar-refractivity contribution is 7.98. The molecule has 3 rings (SSSR count). The minimum atomic E-state index is -0.217. The van der Waals surface area contributed by atoms with Crippen molar-refractivity contribution in [1.29, 1.82) is 0 Å². The summed E-state index contributed by atoms with van der Waals surface area (Å²) in [4.78, 5) is 20.5. The number of nitrogens with zero attached hydrogens (tertiary/aromatic N) is 4. The molecule has 2 heterocycles. The summed E-state index contributed by atoms with van der Waals surface area (Å²) in [7, 11) is 0. The lowest BCUT2D eigenvalue weighted by molar-refractivity contribution is -0.142. The monoisotopic (exact) mass is 309 g/mol. The van der Waals surface area contributed by atoms with Crippen LogP contribution in [0.4, 0.5) is 5.95 Å². The van der Waals surface area contributed by atoms with Crippen molar-refractivity contribution in [3.8, 4) is 0 Å². The van der Waals surface area contributed by atoms with Gasteiger partial charge in [0, 0.05) is 17.7 Å². The van der Waals surface area contributed by atoms with Gasteiger partial charge in [0.05, 0.1) is 19.7 Å². The van der Waals surface area contributed by atoms with Gasteiger partial charge in [-0.15, -0.1) is 5.10 Å². The van der Waals surface area contributed by atoms with Crippen molar-refractivity contribution in [2.75, 3.05) is 19.4 Å². The molecule has 7 nitrogen and oxygen atoms in total. The summed E-state index contributed by atoms with van der Waals surface area (Å²) in [5.41, 5.74) is 1.10. The summed E-state index contributed by atoms with van der Waals surface area (Å²) < 4.78 is 6.82. The van der Waals surface area contributed by atoms with E-state index in [1.54, 1.807) is 0 Å². The Bertz CT molecular complexity index is 571. The van der Waals surface area contributed by atoms with E-state index in [1.807, 2.05) is 17.9 Å². The summed E-state index contributed by atoms with van der Waals surface area (Å²) in [6.07, 6.45) is 4.01. The lowest BCUT2D eigenvalue weighted by atomic mass is 10.0. The standard InChI is InChI=1S/C13H19N5O2S/c1-3-20-10(19)6-14-9-5-4-8-7-18-12(15-11(8)9)16-13(17-18)21-2/h8-9,14H,3-7H2,1-2H3. The molecule has 0 radical (unpaired) electrons. The molecule has 0 bridgehead atoms. The minimum absolute atomic E-state index is 0.141. The smallest absolute Gasteiger partial charge is 0.319 e. The Morgan fingerprint density at radius 3 is 3.14 bits per heavy atom. The second-order valence-corrected chi connectivity index (χ2v) is 5.90. The van der Waals surface area contributed by atoms with E-state index in [0.717, 1.165) is 30.3 Å². The lowest BCUT2D eigenvalue weighted by Gasteiger charge is -2.20. The summed E-state index contributed by atoms with van der Waals surface area (Å²) in [6, 6.07) is 0.141. The van der Waals surface area contributed by atoms with Gasteiger partial charge in [-0.1, -0.05) is 11.8 Å². The maximum absolute atomic E-state index is 11.4. The van der Waals surface area contributed by atoms with Crippen LogP contribution in [0.1, 0.15) is 19.8 Å². The van der Waals surface area contributed by atoms with Gasteiger partial charge in [-0.25, -0.2) is 9.67 Å². The van der Waals surface area contributed by atoms with Crippen LogP contribution in [0, 0.1) is 5.92 Å². The summed E-state index contributed by atoms with van der Waals surface area (Å²) >= 11 is 1.52. The first-order chi connectivity index (χ1) is 10.2. The molecule has 8 heteroatoms. The van der Waals surface area contributed by atoms with Gasteiger partial charge in [-0.2, -0.15) is 4.98 Å². The highest BCUT2D eigenvalue weighted by Gasteiger charge is 2.36. The SMILES string of the molecule is CCOC(=O)CNC1CCC2Cn3nc(SC)nc3N=C21. The van der Waals surface area contributed by atoms with Gasteiger partial charge in [0.15, 0.2) is 0 Å². The molecule has 2 atom stereocenters. The number of aromatic nitrogens is 3. The van der Waals surface area contributed by atoms with Crippen molar-refractivity contribution in [2.24, 2.45) is 10.9 Å². The van der Waals surface area contributed by atoms with E-state index in [4.69, 9.17) is 4.74 Å². The fourth-order valence-electron chi connectivity index (χ4n) is 2.86. The lowest BCUT2D eigenvalue weighted by Crippen LogP contribution is -2.40. The van der Waals surface area contributed by atoms with Crippen molar-refractivity contribution >= 4 is 29.4 Å². The van der Waals surface area contributed by atoms with Crippen LogP contribution in [0.15, 0.2) is 10.1 Å². The third-order valence-electron chi connectivity index (χ3n) is 3.81. The largest absolute Gasteiger partial charge is 0.465 e. The first kappa shape index (κ1) is 14.5. The normalized spacial score (nSPS) is 23.4. The summed E-state index contributed by atoms with van der Waals surface area (Å²) in [6.45, 7) is 3.28. The van der Waals surface area contributed by atoms with E-state index in [0.29, 0.717) is 18.5 Å². The van der Waals surface area contributed by atoms with E-state index in [2.05, 4.69) is 20.4 Å². The predicted octanol–water partition coefficient (Wildman–Crippen LogP) is 1.02. The van der Waals surface area contributed by atoms with Crippen molar-refractivity contribution in [3.63, 3.8) is 0 Å². The highest BCUT2D eigenvalue weighted by atomic mass is 32.2. The molecule has 0 aromatic carbocycles. The van der Waals surface area contributed by atoms with Crippen molar-refractivity contribution in [2.45, 2.75) is 37.5 Å². The van der Waals surface area contributed by atoms with Crippen LogP contribution in [-0.4, -0.2) is 51.9 Å². The third-order valence-corrected chi connectivity index (χ3v) is 4.35. The molecule has 2 aliphatic rings. The topological polar surface area (TPSA) is 81.4 Å². The fourth-order valence-corrected chi connectivity index (χ4v) is 3.21. The van der Waals surface area contributed by atoms with E-state index in [9.17, 15) is 4.79 Å². The highest BCUT2D eigenvalue weighted by Crippen LogP contribution is 2.32. The number of rotatable bonds is 5. The maximum Gasteiger partial charge on any atom is 0.319 e. The van der Waals surface area contributed by atoms with E-state index < -0.39 is 0 Å². The van der Waals surface area contributed by atoms with Crippen molar-refractivity contribution in [1.82, 2.24) is 20.1 Å². The number of fused-ring (bicyclic) bond motifs is 2. The number of esters is 1. The molecule has 1 aliphatic heterocycles. The molecule has 114 valence electrons. The first-order valence-corrected chi connectivity index (χ1v) is 8.40. The average Bonchev–Trinajstić information content (AvgIpc) is 3.05. The van der Waals surface area contributed by atoms with Gasteiger partial charge in [0.25, 0.3) is 0 Å². The number of carbonyl (C=O) groups excluding carboxylic acids is 1. The Morgan fingerprint density at radius 2 is 2.38 bits per heavy atom. The predicted molar refractivity (Wildman–Crippen MR) is 80.0 cm³/mol. The minimum Gasteiger partial charge on any atom is -0.465 e. The second-order valence-electron chi connectivity index (χ2n) is 5.13. The molecule has 1 saturated carbocycles. The Labute approximate surface area is 127 Å². The van der Waals surface area contributed by atoms with Crippen LogP contribution in [0.3, 0.4) is 0 Å². The van der Waals surface area contributed by atoms with Crippen LogP contribution < -0.4 is 5.32 Å². The number of nitrogens with one attached hydrogen (secondary N) is 1. The van der Waals surface area contributed by atoms with Crippen LogP contribution >= 0.6 is 11.8 Å². The Morgan fingerprint density at radius 1 is 1.52 bits per heavy atom. The van der Waals surface area contributed by atoms with Crippen LogP contribution in [0.5, 0.6) is 0 Å². The molecule has 2 unspecified atom stereocenters. The van der Waals surface area contributed by atoms with Gasteiger partial charge in [-0.3, -0.25) is 10.1 Å². The van der Waals surface area contributed by atoms with Crippen LogP contribution in [-0.2, 0) is 16.1 Å². The molecule has 1 aromatic rings. The summed E-state index contributed by atoms with van der Waals surface area (Å²) in [5.74, 6) is 0.856. The Kier molecular flexibility index (Phi) is 4.25. The summed E-state index contributed by atoms with van der Waals surface area (Å²) in [5, 5.41) is 8.42. The molecule has 1 fully saturated rings. The Hall–Kier alpha value is -1.41. The number of thioether (sulfide) groups is 1. The van der Waals surface area contributed by atoms with Crippen LogP contribution in [0.25, 0.3) is 0 Å². The van der Waals surface area contributed by atoms with Crippen molar-refractivity contribution in [3.05, 3.63) is 0 Å². The number of aliphatic imine (C=N–C) groups is 1. The van der Waals surface area contributed by atoms with Gasteiger partial charge in [-0.05, 0) is 26.0 Å². The van der Waals surface area contributed by atoms with Gasteiger partial charge in [0.1, 0.15) is 0 Å². The molecule has 1 N–H and O–H groups in total. The van der Waals surface area contributed by atoms with Crippen LogP contribution in [0.2, 0.25) is 0 Å². The zero-order chi connectivity index (χ0) is 14.8. The molecule has 21 heavy (non-hydrogen) atoms. The number of carbonyl (C=O) groups is 1. The van der Waals surface area contributed by atoms with E-state index in [-0.39, 0.29) is 18.6 Å². The quantitative estimate of drug-likeness (QED) is 0.646. The van der Waals surface area contributed by atoms with Gasteiger partial charge >= 0.3 is 5.97 Å². The molecule has 0 amide bonds. The molecular weight excluding hydrogens is 290 g/mol. The van der Waals surface area contributed by atoms with Gasteiger partial charge in [0.2, 0.25) is 11.1 Å². The van der Waals surface area contributed by atoms with E-state index in [1.165, 1.54) is 11.8 Å². The first-order valence-electron chi connectivity index (χ1n) is 7.17. The van der Waals surface area contributed by atoms with Gasteiger partial charge < -0.3 is 4.74 Å². The van der Waals surface area contributed by atoms with E-state index >= 15 is 0 Å². The van der Waals surface area contributed by atoms with Crippen molar-refractivity contribution < 1.29 is 9.53 Å². The second kappa shape index (κ2) is 6.15. The molecule has 1 aliphatic carbocycles.